The molecule has 1 nitrogen and oxygen atoms in total. The predicted octanol–water partition coefficient (Wildman–Crippen LogP) is 3.64. The topological polar surface area (TPSA) is 9.23 Å². The summed E-state index contributed by atoms with van der Waals surface area (Å²) in [4.78, 5) is 1.30. The number of hydrogen-bond acceptors (Lipinski definition) is 2. The average Bonchev–Trinajstić information content (AvgIpc) is 2.30. The minimum Gasteiger partial charge on any atom is -0.494 e. The third-order valence-corrected chi connectivity index (χ3v) is 3.61. The molecule has 0 saturated carbocycles. The zero-order valence-electron chi connectivity index (χ0n) is 6.85. The summed E-state index contributed by atoms with van der Waals surface area (Å²) in [7, 11) is 1.71. The van der Waals surface area contributed by atoms with Crippen molar-refractivity contribution >= 4 is 27.3 Å². The number of thiophene rings is 1. The van der Waals surface area contributed by atoms with E-state index in [1.807, 2.05) is 0 Å². The van der Waals surface area contributed by atoms with E-state index in [0.29, 0.717) is 5.92 Å². The number of halogens is 1. The van der Waals surface area contributed by atoms with Gasteiger partial charge in [0.15, 0.2) is 0 Å². The molecule has 0 amide bonds. The quantitative estimate of drug-likeness (QED) is 0.760. The third-order valence-electron chi connectivity index (χ3n) is 1.46. The molecule has 3 heteroatoms. The van der Waals surface area contributed by atoms with Crippen LogP contribution < -0.4 is 4.74 Å². The van der Waals surface area contributed by atoms with E-state index >= 15 is 0 Å². The van der Waals surface area contributed by atoms with E-state index in [2.05, 4.69) is 35.2 Å². The van der Waals surface area contributed by atoms with Crippen molar-refractivity contribution in [3.63, 3.8) is 0 Å². The molecule has 0 N–H and O–H groups in total. The van der Waals surface area contributed by atoms with E-state index in [4.69, 9.17) is 4.74 Å². The van der Waals surface area contributed by atoms with E-state index in [1.54, 1.807) is 18.4 Å². The zero-order chi connectivity index (χ0) is 8.43. The van der Waals surface area contributed by atoms with E-state index < -0.39 is 0 Å². The summed E-state index contributed by atoms with van der Waals surface area (Å²) in [6.45, 7) is 4.33. The Morgan fingerprint density at radius 1 is 1.55 bits per heavy atom. The minimum atomic E-state index is 0.543. The van der Waals surface area contributed by atoms with Crippen molar-refractivity contribution in [2.75, 3.05) is 7.11 Å². The van der Waals surface area contributed by atoms with Crippen LogP contribution in [0.5, 0.6) is 5.75 Å². The molecular formula is C8H11BrOS. The van der Waals surface area contributed by atoms with E-state index in [1.165, 1.54) is 4.88 Å². The lowest BCUT2D eigenvalue weighted by molar-refractivity contribution is 0.408. The lowest BCUT2D eigenvalue weighted by Crippen LogP contribution is -1.88. The first-order valence-electron chi connectivity index (χ1n) is 3.47. The second kappa shape index (κ2) is 3.59. The molecule has 0 atom stereocenters. The maximum Gasteiger partial charge on any atom is 0.147 e. The summed E-state index contributed by atoms with van der Waals surface area (Å²) in [6.07, 6.45) is 0. The fourth-order valence-electron chi connectivity index (χ4n) is 0.936. The number of rotatable bonds is 2. The van der Waals surface area contributed by atoms with Gasteiger partial charge in [0.2, 0.25) is 0 Å². The summed E-state index contributed by atoms with van der Waals surface area (Å²) >= 11 is 5.17. The summed E-state index contributed by atoms with van der Waals surface area (Å²) in [5, 5.41) is 2.06. The zero-order valence-corrected chi connectivity index (χ0v) is 9.25. The van der Waals surface area contributed by atoms with Crippen LogP contribution in [0.15, 0.2) is 9.85 Å². The fourth-order valence-corrected chi connectivity index (χ4v) is 2.63. The molecule has 0 aliphatic heterocycles. The van der Waals surface area contributed by atoms with Crippen LogP contribution in [0.1, 0.15) is 24.6 Å². The van der Waals surface area contributed by atoms with Gasteiger partial charge >= 0.3 is 0 Å². The van der Waals surface area contributed by atoms with Gasteiger partial charge in [0.05, 0.1) is 16.5 Å². The van der Waals surface area contributed by atoms with Gasteiger partial charge in [-0.05, 0) is 21.8 Å². The van der Waals surface area contributed by atoms with Crippen LogP contribution >= 0.6 is 27.3 Å². The highest BCUT2D eigenvalue weighted by atomic mass is 79.9. The van der Waals surface area contributed by atoms with Crippen LogP contribution in [-0.2, 0) is 0 Å². The molecule has 1 aromatic heterocycles. The summed E-state index contributed by atoms with van der Waals surface area (Å²) in [5.74, 6) is 1.53. The SMILES string of the molecule is COc1c(Br)csc1C(C)C. The normalized spacial score (nSPS) is 10.6. The molecule has 0 saturated heterocycles. The lowest BCUT2D eigenvalue weighted by atomic mass is 10.2. The van der Waals surface area contributed by atoms with Crippen LogP contribution in [0.3, 0.4) is 0 Å². The average molecular weight is 235 g/mol. The Hall–Kier alpha value is -0.0200. The van der Waals surface area contributed by atoms with Gasteiger partial charge in [-0.1, -0.05) is 13.8 Å². The Balaban J connectivity index is 3.05. The Morgan fingerprint density at radius 2 is 2.18 bits per heavy atom. The molecule has 0 aliphatic carbocycles. The Bertz CT molecular complexity index is 242. The smallest absolute Gasteiger partial charge is 0.147 e. The maximum atomic E-state index is 5.24. The van der Waals surface area contributed by atoms with Gasteiger partial charge in [0.25, 0.3) is 0 Å². The van der Waals surface area contributed by atoms with Gasteiger partial charge in [-0.3, -0.25) is 0 Å². The predicted molar refractivity (Wildman–Crippen MR) is 52.7 cm³/mol. The van der Waals surface area contributed by atoms with Crippen molar-refractivity contribution in [1.82, 2.24) is 0 Å². The molecule has 0 aliphatic rings. The Labute approximate surface area is 79.5 Å². The highest BCUT2D eigenvalue weighted by molar-refractivity contribution is 9.10. The molecule has 0 fully saturated rings. The van der Waals surface area contributed by atoms with Crippen molar-refractivity contribution in [3.05, 3.63) is 14.7 Å². The molecule has 0 bridgehead atoms. The van der Waals surface area contributed by atoms with Gasteiger partial charge in [-0.2, -0.15) is 0 Å². The number of hydrogen-bond donors (Lipinski definition) is 0. The molecule has 1 heterocycles. The van der Waals surface area contributed by atoms with E-state index in [-0.39, 0.29) is 0 Å². The van der Waals surface area contributed by atoms with Gasteiger partial charge in [0, 0.05) is 5.38 Å². The van der Waals surface area contributed by atoms with Crippen LogP contribution in [0.2, 0.25) is 0 Å². The molecule has 11 heavy (non-hydrogen) atoms. The van der Waals surface area contributed by atoms with Crippen LogP contribution in [0, 0.1) is 0 Å². The van der Waals surface area contributed by atoms with Crippen molar-refractivity contribution in [1.29, 1.82) is 0 Å². The van der Waals surface area contributed by atoms with Gasteiger partial charge in [-0.25, -0.2) is 0 Å². The Morgan fingerprint density at radius 3 is 2.55 bits per heavy atom. The first-order valence-corrected chi connectivity index (χ1v) is 5.15. The van der Waals surface area contributed by atoms with E-state index in [0.717, 1.165) is 10.2 Å². The Kier molecular flexibility index (Phi) is 2.96. The highest BCUT2D eigenvalue weighted by Crippen LogP contribution is 2.38. The monoisotopic (exact) mass is 234 g/mol. The maximum absolute atomic E-state index is 5.24. The molecular weight excluding hydrogens is 224 g/mol. The molecule has 0 aromatic carbocycles. The summed E-state index contributed by atoms with van der Waals surface area (Å²) in [6, 6.07) is 0. The van der Waals surface area contributed by atoms with Crippen molar-refractivity contribution in [3.8, 4) is 5.75 Å². The second-order valence-electron chi connectivity index (χ2n) is 2.64. The van der Waals surface area contributed by atoms with Gasteiger partial charge < -0.3 is 4.74 Å². The lowest BCUT2D eigenvalue weighted by Gasteiger charge is -2.05. The van der Waals surface area contributed by atoms with Gasteiger partial charge in [-0.15, -0.1) is 11.3 Å². The molecule has 62 valence electrons. The largest absolute Gasteiger partial charge is 0.494 e. The van der Waals surface area contributed by atoms with Crippen LogP contribution in [0.25, 0.3) is 0 Å². The third kappa shape index (κ3) is 1.76. The van der Waals surface area contributed by atoms with Crippen LogP contribution in [0.4, 0.5) is 0 Å². The summed E-state index contributed by atoms with van der Waals surface area (Å²) in [5.41, 5.74) is 0. The number of methoxy groups -OCH3 is 1. The molecule has 0 spiro atoms. The van der Waals surface area contributed by atoms with Crippen LogP contribution in [-0.4, -0.2) is 7.11 Å². The molecule has 1 rings (SSSR count). The van der Waals surface area contributed by atoms with Crippen molar-refractivity contribution < 1.29 is 4.74 Å². The molecule has 0 unspecified atom stereocenters. The first-order chi connectivity index (χ1) is 5.16. The minimum absolute atomic E-state index is 0.543. The van der Waals surface area contributed by atoms with E-state index in [9.17, 15) is 0 Å². The number of ether oxygens (including phenoxy) is 1. The van der Waals surface area contributed by atoms with Gasteiger partial charge in [0.1, 0.15) is 5.75 Å². The standard InChI is InChI=1S/C8H11BrOS/c1-5(2)8-7(10-3)6(9)4-11-8/h4-5H,1-3H3. The molecule has 1 aromatic rings. The highest BCUT2D eigenvalue weighted by Gasteiger charge is 2.12. The molecule has 0 radical (unpaired) electrons. The first kappa shape index (κ1) is 9.07. The second-order valence-corrected chi connectivity index (χ2v) is 4.40. The fraction of sp³-hybridized carbons (Fsp3) is 0.500. The van der Waals surface area contributed by atoms with Crippen molar-refractivity contribution in [2.24, 2.45) is 0 Å². The summed E-state index contributed by atoms with van der Waals surface area (Å²) < 4.78 is 6.30. The van der Waals surface area contributed by atoms with Crippen molar-refractivity contribution in [2.45, 2.75) is 19.8 Å².